The summed E-state index contributed by atoms with van der Waals surface area (Å²) in [5, 5.41) is 0.604. The molecule has 2 aromatic rings. The zero-order chi connectivity index (χ0) is 20.9. The van der Waals surface area contributed by atoms with E-state index in [-0.39, 0.29) is 40.8 Å². The molecule has 2 aliphatic heterocycles. The van der Waals surface area contributed by atoms with Gasteiger partial charge in [-0.05, 0) is 37.6 Å². The van der Waals surface area contributed by atoms with Crippen LogP contribution in [0.5, 0.6) is 0 Å². The molecule has 29 heavy (non-hydrogen) atoms. The van der Waals surface area contributed by atoms with Crippen molar-refractivity contribution in [2.45, 2.75) is 20.3 Å². The van der Waals surface area contributed by atoms with Crippen molar-refractivity contribution in [1.29, 1.82) is 0 Å². The first-order valence-corrected chi connectivity index (χ1v) is 9.38. The monoisotopic (exact) mass is 394 g/mol. The smallest absolute Gasteiger partial charge is 0.326 e. The fourth-order valence-electron chi connectivity index (χ4n) is 3.88. The fraction of sp³-hybridized carbons (Fsp3) is 0.286. The van der Waals surface area contributed by atoms with Crippen LogP contribution in [0.1, 0.15) is 61.7 Å². The molecule has 0 aromatic heterocycles. The first-order valence-electron chi connectivity index (χ1n) is 9.38. The summed E-state index contributed by atoms with van der Waals surface area (Å²) in [6, 6.07) is 5.93. The number of imide groups is 2. The van der Waals surface area contributed by atoms with E-state index in [1.165, 1.54) is 29.2 Å². The second-order valence-electron chi connectivity index (χ2n) is 6.83. The molecular formula is C21H18N2O6. The highest BCUT2D eigenvalue weighted by Crippen LogP contribution is 2.37. The van der Waals surface area contributed by atoms with Crippen LogP contribution in [0.25, 0.3) is 10.8 Å². The Labute approximate surface area is 166 Å². The second kappa shape index (κ2) is 6.80. The van der Waals surface area contributed by atoms with Crippen LogP contribution >= 0.6 is 0 Å². The van der Waals surface area contributed by atoms with Crippen LogP contribution in [-0.4, -0.2) is 59.1 Å². The van der Waals surface area contributed by atoms with Crippen LogP contribution in [0.4, 0.5) is 0 Å². The highest BCUT2D eigenvalue weighted by atomic mass is 16.5. The van der Waals surface area contributed by atoms with Gasteiger partial charge < -0.3 is 4.74 Å². The van der Waals surface area contributed by atoms with Gasteiger partial charge in [-0.2, -0.15) is 0 Å². The maximum Gasteiger partial charge on any atom is 0.326 e. The predicted molar refractivity (Wildman–Crippen MR) is 102 cm³/mol. The van der Waals surface area contributed by atoms with E-state index >= 15 is 0 Å². The molecular weight excluding hydrogens is 376 g/mol. The number of benzene rings is 2. The van der Waals surface area contributed by atoms with Crippen molar-refractivity contribution in [3.63, 3.8) is 0 Å². The van der Waals surface area contributed by atoms with E-state index in [9.17, 15) is 24.0 Å². The average molecular weight is 394 g/mol. The van der Waals surface area contributed by atoms with Gasteiger partial charge in [-0.1, -0.05) is 6.92 Å². The van der Waals surface area contributed by atoms with Gasteiger partial charge in [-0.25, -0.2) is 0 Å². The Morgan fingerprint density at radius 2 is 1.17 bits per heavy atom. The Hall–Kier alpha value is -3.55. The van der Waals surface area contributed by atoms with Crippen molar-refractivity contribution in [3.05, 3.63) is 46.5 Å². The molecule has 0 bridgehead atoms. The number of nitrogens with zero attached hydrogens (tertiary/aromatic N) is 2. The molecule has 4 amide bonds. The molecule has 0 atom stereocenters. The number of esters is 1. The van der Waals surface area contributed by atoms with E-state index in [4.69, 9.17) is 4.74 Å². The molecule has 0 aliphatic carbocycles. The fourth-order valence-corrected chi connectivity index (χ4v) is 3.88. The molecule has 0 radical (unpaired) electrons. The van der Waals surface area contributed by atoms with Crippen LogP contribution in [0.3, 0.4) is 0 Å². The van der Waals surface area contributed by atoms with Crippen molar-refractivity contribution in [2.24, 2.45) is 0 Å². The SMILES string of the molecule is CCCN1C(=O)c2ccc3c4c(ccc(c24)C1=O)C(=O)N(CC(=O)OCC)C3=O. The molecule has 4 rings (SSSR count). The Kier molecular flexibility index (Phi) is 4.41. The largest absolute Gasteiger partial charge is 0.465 e. The molecule has 2 aromatic carbocycles. The number of rotatable bonds is 5. The van der Waals surface area contributed by atoms with Gasteiger partial charge in [0, 0.05) is 39.6 Å². The molecule has 0 N–H and O–H groups in total. The topological polar surface area (TPSA) is 101 Å². The van der Waals surface area contributed by atoms with Gasteiger partial charge in [0.15, 0.2) is 0 Å². The number of hydrogen-bond donors (Lipinski definition) is 0. The minimum absolute atomic E-state index is 0.131. The number of carbonyl (C=O) groups is 5. The summed E-state index contributed by atoms with van der Waals surface area (Å²) in [5.74, 6) is -2.89. The average Bonchev–Trinajstić information content (AvgIpc) is 2.71. The van der Waals surface area contributed by atoms with Crippen molar-refractivity contribution in [2.75, 3.05) is 19.7 Å². The van der Waals surface area contributed by atoms with Crippen LogP contribution < -0.4 is 0 Å². The Morgan fingerprint density at radius 1 is 0.759 bits per heavy atom. The first-order chi connectivity index (χ1) is 13.9. The van der Waals surface area contributed by atoms with Crippen LogP contribution in [0.15, 0.2) is 24.3 Å². The lowest BCUT2D eigenvalue weighted by Gasteiger charge is -2.31. The van der Waals surface area contributed by atoms with Gasteiger partial charge in [-0.15, -0.1) is 0 Å². The zero-order valence-corrected chi connectivity index (χ0v) is 16.0. The number of carbonyl (C=O) groups excluding carboxylic acids is 5. The predicted octanol–water partition coefficient (Wildman–Crippen LogP) is 2.00. The van der Waals surface area contributed by atoms with Crippen molar-refractivity contribution >= 4 is 40.4 Å². The lowest BCUT2D eigenvalue weighted by Crippen LogP contribution is -2.45. The van der Waals surface area contributed by atoms with Crippen molar-refractivity contribution in [1.82, 2.24) is 9.80 Å². The summed E-state index contributed by atoms with van der Waals surface area (Å²) in [5.41, 5.74) is 0.921. The Morgan fingerprint density at radius 3 is 1.55 bits per heavy atom. The summed E-state index contributed by atoms with van der Waals surface area (Å²) in [4.78, 5) is 65.4. The highest BCUT2D eigenvalue weighted by Gasteiger charge is 2.39. The second-order valence-corrected chi connectivity index (χ2v) is 6.83. The van der Waals surface area contributed by atoms with Gasteiger partial charge in [0.1, 0.15) is 6.54 Å². The highest BCUT2D eigenvalue weighted by molar-refractivity contribution is 6.33. The van der Waals surface area contributed by atoms with Gasteiger partial charge in [0.25, 0.3) is 23.6 Å². The van der Waals surface area contributed by atoms with E-state index in [2.05, 4.69) is 0 Å². The van der Waals surface area contributed by atoms with Crippen LogP contribution in [0, 0.1) is 0 Å². The van der Waals surface area contributed by atoms with Gasteiger partial charge in [0.05, 0.1) is 6.61 Å². The lowest BCUT2D eigenvalue weighted by atomic mass is 9.86. The molecule has 0 spiro atoms. The molecule has 148 valence electrons. The number of amides is 4. The molecule has 0 unspecified atom stereocenters. The molecule has 0 fully saturated rings. The molecule has 2 heterocycles. The zero-order valence-electron chi connectivity index (χ0n) is 16.0. The first kappa shape index (κ1) is 18.8. The lowest BCUT2D eigenvalue weighted by molar-refractivity contribution is -0.143. The third-order valence-corrected chi connectivity index (χ3v) is 5.10. The van der Waals surface area contributed by atoms with E-state index in [1.54, 1.807) is 6.92 Å². The number of ether oxygens (including phenoxy) is 1. The molecule has 8 nitrogen and oxygen atoms in total. The van der Waals surface area contributed by atoms with Crippen molar-refractivity contribution < 1.29 is 28.7 Å². The Bertz CT molecular complexity index is 1050. The maximum absolute atomic E-state index is 12.9. The summed E-state index contributed by atoms with van der Waals surface area (Å²) < 4.78 is 4.85. The minimum atomic E-state index is -0.691. The van der Waals surface area contributed by atoms with E-state index in [1.807, 2.05) is 6.92 Å². The Balaban J connectivity index is 1.90. The van der Waals surface area contributed by atoms with Crippen molar-refractivity contribution in [3.8, 4) is 0 Å². The maximum atomic E-state index is 12.9. The summed E-state index contributed by atoms with van der Waals surface area (Å²) in [6.45, 7) is 3.41. The number of hydrogen-bond acceptors (Lipinski definition) is 6. The van der Waals surface area contributed by atoms with E-state index < -0.39 is 36.1 Å². The van der Waals surface area contributed by atoms with E-state index in [0.29, 0.717) is 11.8 Å². The third kappa shape index (κ3) is 2.63. The van der Waals surface area contributed by atoms with Gasteiger partial charge in [-0.3, -0.25) is 33.8 Å². The van der Waals surface area contributed by atoms with Crippen LogP contribution in [-0.2, 0) is 9.53 Å². The summed E-state index contributed by atoms with van der Waals surface area (Å²) in [6.07, 6.45) is 0.617. The minimum Gasteiger partial charge on any atom is -0.465 e. The third-order valence-electron chi connectivity index (χ3n) is 5.10. The quantitative estimate of drug-likeness (QED) is 0.568. The summed E-state index contributed by atoms with van der Waals surface area (Å²) >= 11 is 0. The molecule has 2 aliphatic rings. The standard InChI is InChI=1S/C21H18N2O6/c1-3-9-22-18(25)11-5-7-13-17-14(8-6-12(16(11)17)19(22)26)21(28)23(20(13)27)10-15(24)29-4-2/h5-8H,3-4,9-10H2,1-2H3. The normalized spacial score (nSPS) is 15.4. The van der Waals surface area contributed by atoms with Gasteiger partial charge in [0.2, 0.25) is 0 Å². The molecule has 8 heteroatoms. The summed E-state index contributed by atoms with van der Waals surface area (Å²) in [7, 11) is 0. The molecule has 0 saturated heterocycles. The van der Waals surface area contributed by atoms with E-state index in [0.717, 1.165) is 4.90 Å². The van der Waals surface area contributed by atoms with Gasteiger partial charge >= 0.3 is 5.97 Å². The molecule has 0 saturated carbocycles. The van der Waals surface area contributed by atoms with Crippen LogP contribution in [0.2, 0.25) is 0 Å².